The van der Waals surface area contributed by atoms with E-state index in [1.807, 2.05) is 18.0 Å². The van der Waals surface area contributed by atoms with Crippen LogP contribution < -0.4 is 10.6 Å². The quantitative estimate of drug-likeness (QED) is 0.801. The van der Waals surface area contributed by atoms with E-state index in [1.165, 1.54) is 0 Å². The molecule has 2 N–H and O–H groups in total. The Balaban J connectivity index is 2.56. The maximum atomic E-state index is 5.72. The number of rotatable bonds is 4. The van der Waals surface area contributed by atoms with Gasteiger partial charge in [0.15, 0.2) is 0 Å². The molecule has 0 aromatic carbocycles. The van der Waals surface area contributed by atoms with Crippen LogP contribution in [0.1, 0.15) is 6.42 Å². The monoisotopic (exact) mass is 229 g/mol. The molecule has 0 saturated heterocycles. The number of nitrogens with zero attached hydrogens (tertiary/aromatic N) is 2. The Morgan fingerprint density at radius 2 is 2.36 bits per heavy atom. The Bertz CT molecular complexity index is 312. The van der Waals surface area contributed by atoms with Crippen molar-refractivity contribution in [2.24, 2.45) is 5.73 Å². The first kappa shape index (κ1) is 11.2. The van der Waals surface area contributed by atoms with Crippen molar-refractivity contribution in [1.29, 1.82) is 0 Å². The van der Waals surface area contributed by atoms with Crippen LogP contribution in [-0.2, 0) is 0 Å². The average molecular weight is 230 g/mol. The van der Waals surface area contributed by atoms with Crippen molar-refractivity contribution in [2.75, 3.05) is 18.5 Å². The highest BCUT2D eigenvalue weighted by Gasteiger charge is 2.02. The third-order valence-corrected chi connectivity index (χ3v) is 2.22. The lowest BCUT2D eigenvalue weighted by atomic mass is 10.3. The number of nitrogens with two attached hydrogens (primary N) is 1. The Labute approximate surface area is 93.9 Å². The van der Waals surface area contributed by atoms with Crippen LogP contribution in [0.15, 0.2) is 18.3 Å². The van der Waals surface area contributed by atoms with Gasteiger partial charge in [0.05, 0.1) is 10.0 Å². The van der Waals surface area contributed by atoms with Crippen molar-refractivity contribution < 1.29 is 0 Å². The maximum Gasteiger partial charge on any atom is 0.128 e. The number of hydrogen-bond donors (Lipinski definition) is 1. The molecular formula is C9H12ClN3S. The van der Waals surface area contributed by atoms with Gasteiger partial charge in [-0.05, 0) is 12.1 Å². The summed E-state index contributed by atoms with van der Waals surface area (Å²) in [5.74, 6) is 0.866. The van der Waals surface area contributed by atoms with Crippen LogP contribution in [-0.4, -0.2) is 23.6 Å². The normalized spacial score (nSPS) is 9.86. The summed E-state index contributed by atoms with van der Waals surface area (Å²) in [5.41, 5.74) is 5.41. The molecule has 0 aliphatic heterocycles. The lowest BCUT2D eigenvalue weighted by molar-refractivity contribution is 0.899. The molecular weight excluding hydrogens is 218 g/mol. The van der Waals surface area contributed by atoms with Crippen molar-refractivity contribution in [3.05, 3.63) is 23.4 Å². The lowest BCUT2D eigenvalue weighted by Crippen LogP contribution is -2.23. The number of pyridine rings is 1. The van der Waals surface area contributed by atoms with Crippen LogP contribution in [0.25, 0.3) is 0 Å². The molecule has 1 aromatic rings. The van der Waals surface area contributed by atoms with Crippen LogP contribution in [0.2, 0.25) is 5.02 Å². The molecule has 0 spiro atoms. The molecule has 1 heterocycles. The predicted octanol–water partition coefficient (Wildman–Crippen LogP) is 1.85. The SMILES string of the molecule is CN(CCC(N)=S)c1ccc(Cl)cn1. The van der Waals surface area contributed by atoms with Gasteiger partial charge in [0, 0.05) is 26.2 Å². The summed E-state index contributed by atoms with van der Waals surface area (Å²) in [6.07, 6.45) is 2.31. The second kappa shape index (κ2) is 5.12. The zero-order chi connectivity index (χ0) is 10.6. The zero-order valence-corrected chi connectivity index (χ0v) is 9.48. The van der Waals surface area contributed by atoms with Crippen LogP contribution in [0.3, 0.4) is 0 Å². The van der Waals surface area contributed by atoms with E-state index in [0.29, 0.717) is 16.4 Å². The van der Waals surface area contributed by atoms with E-state index in [-0.39, 0.29) is 0 Å². The third-order valence-electron chi connectivity index (χ3n) is 1.80. The summed E-state index contributed by atoms with van der Waals surface area (Å²) in [5, 5.41) is 0.636. The van der Waals surface area contributed by atoms with Gasteiger partial charge in [-0.25, -0.2) is 4.98 Å². The van der Waals surface area contributed by atoms with Crippen molar-refractivity contribution in [3.63, 3.8) is 0 Å². The van der Waals surface area contributed by atoms with Crippen molar-refractivity contribution in [1.82, 2.24) is 4.98 Å². The van der Waals surface area contributed by atoms with E-state index in [0.717, 1.165) is 12.4 Å². The molecule has 0 unspecified atom stereocenters. The minimum atomic E-state index is 0.519. The highest BCUT2D eigenvalue weighted by atomic mass is 35.5. The molecule has 14 heavy (non-hydrogen) atoms. The lowest BCUT2D eigenvalue weighted by Gasteiger charge is -2.17. The molecule has 0 aliphatic carbocycles. The number of thiocarbonyl (C=S) groups is 1. The number of aromatic nitrogens is 1. The molecule has 0 bridgehead atoms. The van der Waals surface area contributed by atoms with Gasteiger partial charge in [-0.1, -0.05) is 23.8 Å². The van der Waals surface area contributed by atoms with E-state index in [2.05, 4.69) is 4.98 Å². The summed E-state index contributed by atoms with van der Waals surface area (Å²) in [6.45, 7) is 0.768. The van der Waals surface area contributed by atoms with Crippen LogP contribution in [0.5, 0.6) is 0 Å². The predicted molar refractivity (Wildman–Crippen MR) is 63.9 cm³/mol. The highest BCUT2D eigenvalue weighted by molar-refractivity contribution is 7.80. The van der Waals surface area contributed by atoms with E-state index in [1.54, 1.807) is 12.3 Å². The van der Waals surface area contributed by atoms with Crippen LogP contribution in [0, 0.1) is 0 Å². The first-order chi connectivity index (χ1) is 6.59. The molecule has 1 rings (SSSR count). The molecule has 5 heteroatoms. The van der Waals surface area contributed by atoms with Crippen LogP contribution in [0.4, 0.5) is 5.82 Å². The standard InChI is InChI=1S/C9H12ClN3S/c1-13(5-4-8(11)14)9-3-2-7(10)6-12-9/h2-3,6H,4-5H2,1H3,(H2,11,14). The van der Waals surface area contributed by atoms with Gasteiger partial charge < -0.3 is 10.6 Å². The molecule has 3 nitrogen and oxygen atoms in total. The first-order valence-electron chi connectivity index (χ1n) is 4.20. The summed E-state index contributed by atoms with van der Waals surface area (Å²) >= 11 is 10.5. The first-order valence-corrected chi connectivity index (χ1v) is 4.99. The number of anilines is 1. The maximum absolute atomic E-state index is 5.72. The molecule has 76 valence electrons. The minimum Gasteiger partial charge on any atom is -0.393 e. The molecule has 0 amide bonds. The Hall–Kier alpha value is -0.870. The van der Waals surface area contributed by atoms with E-state index < -0.39 is 0 Å². The minimum absolute atomic E-state index is 0.519. The largest absolute Gasteiger partial charge is 0.393 e. The molecule has 0 radical (unpaired) electrons. The zero-order valence-electron chi connectivity index (χ0n) is 7.90. The summed E-state index contributed by atoms with van der Waals surface area (Å²) in [7, 11) is 1.94. The fourth-order valence-electron chi connectivity index (χ4n) is 0.986. The number of hydrogen-bond acceptors (Lipinski definition) is 3. The van der Waals surface area contributed by atoms with Gasteiger partial charge in [-0.3, -0.25) is 0 Å². The van der Waals surface area contributed by atoms with E-state index >= 15 is 0 Å². The third kappa shape index (κ3) is 3.47. The fraction of sp³-hybridized carbons (Fsp3) is 0.333. The van der Waals surface area contributed by atoms with Gasteiger partial charge in [-0.15, -0.1) is 0 Å². The van der Waals surface area contributed by atoms with Gasteiger partial charge in [0.25, 0.3) is 0 Å². The van der Waals surface area contributed by atoms with E-state index in [9.17, 15) is 0 Å². The summed E-state index contributed by atoms with van der Waals surface area (Å²) in [6, 6.07) is 3.67. The smallest absolute Gasteiger partial charge is 0.128 e. The average Bonchev–Trinajstić information content (AvgIpc) is 2.15. The summed E-state index contributed by atoms with van der Waals surface area (Å²) in [4.78, 5) is 6.67. The molecule has 0 fully saturated rings. The van der Waals surface area contributed by atoms with Crippen molar-refractivity contribution in [3.8, 4) is 0 Å². The Kier molecular flexibility index (Phi) is 4.10. The van der Waals surface area contributed by atoms with Crippen molar-refractivity contribution in [2.45, 2.75) is 6.42 Å². The molecule has 0 aliphatic rings. The van der Waals surface area contributed by atoms with Gasteiger partial charge in [-0.2, -0.15) is 0 Å². The second-order valence-corrected chi connectivity index (χ2v) is 3.93. The summed E-state index contributed by atoms with van der Waals surface area (Å²) < 4.78 is 0. The van der Waals surface area contributed by atoms with Crippen LogP contribution >= 0.6 is 23.8 Å². The van der Waals surface area contributed by atoms with Gasteiger partial charge in [0.1, 0.15) is 5.82 Å². The highest BCUT2D eigenvalue weighted by Crippen LogP contribution is 2.12. The second-order valence-electron chi connectivity index (χ2n) is 2.97. The topological polar surface area (TPSA) is 42.1 Å². The Morgan fingerprint density at radius 1 is 1.64 bits per heavy atom. The molecule has 0 atom stereocenters. The number of halogens is 1. The fourth-order valence-corrected chi connectivity index (χ4v) is 1.19. The van der Waals surface area contributed by atoms with Gasteiger partial charge >= 0.3 is 0 Å². The van der Waals surface area contributed by atoms with E-state index in [4.69, 9.17) is 29.6 Å². The van der Waals surface area contributed by atoms with Gasteiger partial charge in [0.2, 0.25) is 0 Å². The molecule has 1 aromatic heterocycles. The molecule has 0 saturated carbocycles. The Morgan fingerprint density at radius 3 is 2.86 bits per heavy atom. The van der Waals surface area contributed by atoms with Crippen molar-refractivity contribution >= 4 is 34.6 Å².